The van der Waals surface area contributed by atoms with Gasteiger partial charge in [0.2, 0.25) is 5.91 Å². The third-order valence-electron chi connectivity index (χ3n) is 2.94. The molecular formula is C11H18N6O2. The molecule has 0 atom stereocenters. The number of hydrogen-bond donors (Lipinski definition) is 1. The van der Waals surface area contributed by atoms with Gasteiger partial charge in [-0.2, -0.15) is 0 Å². The van der Waals surface area contributed by atoms with E-state index in [0.717, 1.165) is 25.9 Å². The van der Waals surface area contributed by atoms with Crippen LogP contribution in [0.15, 0.2) is 6.20 Å². The van der Waals surface area contributed by atoms with Gasteiger partial charge in [-0.15, -0.1) is 5.10 Å². The molecule has 3 amide bonds. The lowest BCUT2D eigenvalue weighted by Gasteiger charge is -2.14. The van der Waals surface area contributed by atoms with Crippen molar-refractivity contribution in [2.45, 2.75) is 19.4 Å². The molecule has 0 radical (unpaired) electrons. The maximum Gasteiger partial charge on any atom is 0.322 e. The van der Waals surface area contributed by atoms with Crippen LogP contribution in [0.5, 0.6) is 0 Å². The lowest BCUT2D eigenvalue weighted by molar-refractivity contribution is -0.130. The second kappa shape index (κ2) is 5.68. The Bertz CT molecular complexity index is 464. The van der Waals surface area contributed by atoms with E-state index in [0.29, 0.717) is 5.82 Å². The zero-order valence-corrected chi connectivity index (χ0v) is 11.2. The quantitative estimate of drug-likeness (QED) is 0.834. The summed E-state index contributed by atoms with van der Waals surface area (Å²) in [6, 6.07) is -0.280. The van der Waals surface area contributed by atoms with Gasteiger partial charge in [0.05, 0.1) is 6.20 Å². The fraction of sp³-hybridized carbons (Fsp3) is 0.636. The maximum absolute atomic E-state index is 11.9. The molecule has 104 valence electrons. The lowest BCUT2D eigenvalue weighted by Crippen LogP contribution is -2.31. The maximum atomic E-state index is 11.9. The number of urea groups is 1. The molecule has 0 aromatic carbocycles. The number of hydrogen-bond acceptors (Lipinski definition) is 4. The first kappa shape index (κ1) is 13.3. The van der Waals surface area contributed by atoms with Crippen LogP contribution in [0.1, 0.15) is 12.8 Å². The number of rotatable bonds is 3. The second-order valence-electron chi connectivity index (χ2n) is 4.71. The van der Waals surface area contributed by atoms with Crippen LogP contribution in [-0.4, -0.2) is 63.9 Å². The molecule has 1 aliphatic rings. The molecule has 0 unspecified atom stereocenters. The van der Waals surface area contributed by atoms with E-state index in [1.54, 1.807) is 20.3 Å². The van der Waals surface area contributed by atoms with Gasteiger partial charge >= 0.3 is 6.03 Å². The van der Waals surface area contributed by atoms with Crippen molar-refractivity contribution < 1.29 is 9.59 Å². The van der Waals surface area contributed by atoms with Crippen molar-refractivity contribution >= 4 is 17.8 Å². The minimum Gasteiger partial charge on any atom is -0.341 e. The molecule has 19 heavy (non-hydrogen) atoms. The van der Waals surface area contributed by atoms with Gasteiger partial charge in [-0.25, -0.2) is 9.48 Å². The Morgan fingerprint density at radius 3 is 2.68 bits per heavy atom. The van der Waals surface area contributed by atoms with Gasteiger partial charge in [0.15, 0.2) is 5.82 Å². The van der Waals surface area contributed by atoms with E-state index in [1.807, 2.05) is 4.90 Å². The molecule has 8 nitrogen and oxygen atoms in total. The number of nitrogens with zero attached hydrogens (tertiary/aromatic N) is 5. The summed E-state index contributed by atoms with van der Waals surface area (Å²) in [5.41, 5.74) is 0. The molecule has 0 spiro atoms. The highest BCUT2D eigenvalue weighted by Gasteiger charge is 2.18. The van der Waals surface area contributed by atoms with E-state index in [2.05, 4.69) is 15.6 Å². The van der Waals surface area contributed by atoms with Gasteiger partial charge < -0.3 is 9.80 Å². The third-order valence-corrected chi connectivity index (χ3v) is 2.94. The number of carbonyl (C=O) groups is 2. The second-order valence-corrected chi connectivity index (χ2v) is 4.71. The fourth-order valence-corrected chi connectivity index (χ4v) is 1.86. The summed E-state index contributed by atoms with van der Waals surface area (Å²) in [6.45, 7) is 1.79. The first-order chi connectivity index (χ1) is 9.06. The van der Waals surface area contributed by atoms with Gasteiger partial charge in [0.25, 0.3) is 0 Å². The van der Waals surface area contributed by atoms with Crippen molar-refractivity contribution in [2.24, 2.45) is 0 Å². The molecule has 8 heteroatoms. The number of amides is 3. The van der Waals surface area contributed by atoms with E-state index in [-0.39, 0.29) is 18.5 Å². The molecular weight excluding hydrogens is 248 g/mol. The molecule has 0 aliphatic carbocycles. The van der Waals surface area contributed by atoms with Crippen LogP contribution in [0.2, 0.25) is 0 Å². The standard InChI is InChI=1S/C11H18N6O2/c1-15(2)11(19)12-9-7-17(14-13-9)8-10(18)16-5-3-4-6-16/h7H,3-6,8H2,1-2H3,(H,12,19). The van der Waals surface area contributed by atoms with Crippen molar-refractivity contribution in [1.29, 1.82) is 0 Å². The van der Waals surface area contributed by atoms with Crippen molar-refractivity contribution in [3.63, 3.8) is 0 Å². The van der Waals surface area contributed by atoms with Crippen molar-refractivity contribution in [1.82, 2.24) is 24.8 Å². The largest absolute Gasteiger partial charge is 0.341 e. The molecule has 2 rings (SSSR count). The Morgan fingerprint density at radius 2 is 2.05 bits per heavy atom. The van der Waals surface area contributed by atoms with Crippen molar-refractivity contribution in [3.05, 3.63) is 6.20 Å². The Labute approximate surface area is 111 Å². The summed E-state index contributed by atoms with van der Waals surface area (Å²) in [6.07, 6.45) is 3.68. The predicted octanol–water partition coefficient (Wildman–Crippen LogP) is -0.00600. The molecule has 0 bridgehead atoms. The SMILES string of the molecule is CN(C)C(=O)Nc1cn(CC(=O)N2CCCC2)nn1. The van der Waals surface area contributed by atoms with Crippen LogP contribution >= 0.6 is 0 Å². The Balaban J connectivity index is 1.90. The van der Waals surface area contributed by atoms with Crippen LogP contribution in [0.3, 0.4) is 0 Å². The minimum atomic E-state index is -0.280. The molecule has 1 aromatic rings. The van der Waals surface area contributed by atoms with E-state index >= 15 is 0 Å². The average molecular weight is 266 g/mol. The molecule has 1 fully saturated rings. The minimum absolute atomic E-state index is 0.0351. The first-order valence-electron chi connectivity index (χ1n) is 6.22. The summed E-state index contributed by atoms with van der Waals surface area (Å²) in [5.74, 6) is 0.376. The molecule has 0 saturated carbocycles. The predicted molar refractivity (Wildman–Crippen MR) is 68.5 cm³/mol. The number of anilines is 1. The van der Waals surface area contributed by atoms with Gasteiger partial charge in [-0.1, -0.05) is 5.21 Å². The van der Waals surface area contributed by atoms with Gasteiger partial charge in [0, 0.05) is 27.2 Å². The molecule has 1 N–H and O–H groups in total. The summed E-state index contributed by atoms with van der Waals surface area (Å²) in [4.78, 5) is 26.5. The van der Waals surface area contributed by atoms with Gasteiger partial charge in [0.1, 0.15) is 6.54 Å². The van der Waals surface area contributed by atoms with Crippen molar-refractivity contribution in [3.8, 4) is 0 Å². The van der Waals surface area contributed by atoms with E-state index in [4.69, 9.17) is 0 Å². The van der Waals surface area contributed by atoms with Crippen LogP contribution in [0.25, 0.3) is 0 Å². The smallest absolute Gasteiger partial charge is 0.322 e. The van der Waals surface area contributed by atoms with Crippen LogP contribution in [-0.2, 0) is 11.3 Å². The van der Waals surface area contributed by atoms with E-state index < -0.39 is 0 Å². The fourth-order valence-electron chi connectivity index (χ4n) is 1.86. The summed E-state index contributed by atoms with van der Waals surface area (Å²) < 4.78 is 1.44. The molecule has 2 heterocycles. The molecule has 1 saturated heterocycles. The first-order valence-corrected chi connectivity index (χ1v) is 6.22. The number of aromatic nitrogens is 3. The summed E-state index contributed by atoms with van der Waals surface area (Å²) >= 11 is 0. The number of nitrogens with one attached hydrogen (secondary N) is 1. The van der Waals surface area contributed by atoms with Crippen molar-refractivity contribution in [2.75, 3.05) is 32.5 Å². The monoisotopic (exact) mass is 266 g/mol. The number of carbonyl (C=O) groups excluding carboxylic acids is 2. The zero-order chi connectivity index (χ0) is 13.8. The van der Waals surface area contributed by atoms with Gasteiger partial charge in [-0.05, 0) is 12.8 Å². The molecule has 1 aromatic heterocycles. The Hall–Kier alpha value is -2.12. The third kappa shape index (κ3) is 3.43. The average Bonchev–Trinajstić information content (AvgIpc) is 3.00. The van der Waals surface area contributed by atoms with Crippen LogP contribution in [0.4, 0.5) is 10.6 Å². The highest BCUT2D eigenvalue weighted by Crippen LogP contribution is 2.08. The lowest BCUT2D eigenvalue weighted by atomic mass is 10.4. The summed E-state index contributed by atoms with van der Waals surface area (Å²) in [7, 11) is 3.27. The highest BCUT2D eigenvalue weighted by atomic mass is 16.2. The topological polar surface area (TPSA) is 83.4 Å². The zero-order valence-electron chi connectivity index (χ0n) is 11.2. The summed E-state index contributed by atoms with van der Waals surface area (Å²) in [5, 5.41) is 10.2. The normalized spacial score (nSPS) is 14.5. The molecule has 1 aliphatic heterocycles. The van der Waals surface area contributed by atoms with Crippen LogP contribution < -0.4 is 5.32 Å². The van der Waals surface area contributed by atoms with E-state index in [9.17, 15) is 9.59 Å². The highest BCUT2D eigenvalue weighted by molar-refractivity contribution is 5.87. The van der Waals surface area contributed by atoms with Crippen LogP contribution in [0, 0.1) is 0 Å². The van der Waals surface area contributed by atoms with Gasteiger partial charge in [-0.3, -0.25) is 10.1 Å². The van der Waals surface area contributed by atoms with E-state index in [1.165, 1.54) is 9.58 Å². The Morgan fingerprint density at radius 1 is 1.37 bits per heavy atom. The number of likely N-dealkylation sites (tertiary alicyclic amines) is 1. The Kier molecular flexibility index (Phi) is 3.98.